The lowest BCUT2D eigenvalue weighted by Crippen LogP contribution is -2.38. The minimum Gasteiger partial charge on any atom is -0.361 e. The summed E-state index contributed by atoms with van der Waals surface area (Å²) in [4.78, 5) is 16.6. The summed E-state index contributed by atoms with van der Waals surface area (Å²) in [5, 5.41) is 20.6. The molecule has 28 heavy (non-hydrogen) atoms. The van der Waals surface area contributed by atoms with E-state index in [4.69, 9.17) is 0 Å². The van der Waals surface area contributed by atoms with E-state index < -0.39 is 0 Å². The van der Waals surface area contributed by atoms with Gasteiger partial charge in [-0.25, -0.2) is 0 Å². The lowest BCUT2D eigenvalue weighted by atomic mass is 9.96. The smallest absolute Gasteiger partial charge is 0.274 e. The van der Waals surface area contributed by atoms with E-state index in [9.17, 15) is 4.79 Å². The molecule has 0 aromatic carbocycles. The Kier molecular flexibility index (Phi) is 4.03. The molecule has 0 radical (unpaired) electrons. The number of amides is 1. The van der Waals surface area contributed by atoms with Crippen LogP contribution in [0.5, 0.6) is 0 Å². The molecule has 146 valence electrons. The van der Waals surface area contributed by atoms with Gasteiger partial charge in [-0.2, -0.15) is 9.61 Å². The molecule has 1 saturated heterocycles. The van der Waals surface area contributed by atoms with Gasteiger partial charge in [-0.05, 0) is 43.9 Å². The van der Waals surface area contributed by atoms with Crippen molar-refractivity contribution in [1.82, 2.24) is 34.9 Å². The number of hydrogen-bond acceptors (Lipinski definition) is 6. The Morgan fingerprint density at radius 3 is 2.61 bits per heavy atom. The van der Waals surface area contributed by atoms with Crippen molar-refractivity contribution in [3.05, 3.63) is 35.4 Å². The van der Waals surface area contributed by atoms with Crippen LogP contribution in [-0.4, -0.2) is 68.0 Å². The lowest BCUT2D eigenvalue weighted by Gasteiger charge is -2.30. The van der Waals surface area contributed by atoms with E-state index in [1.165, 1.54) is 12.8 Å². The van der Waals surface area contributed by atoms with Gasteiger partial charge in [0.05, 0.1) is 0 Å². The highest BCUT2D eigenvalue weighted by Gasteiger charge is 2.30. The van der Waals surface area contributed by atoms with Gasteiger partial charge < -0.3 is 9.80 Å². The molecule has 1 saturated carbocycles. The third kappa shape index (κ3) is 3.00. The van der Waals surface area contributed by atoms with E-state index >= 15 is 0 Å². The van der Waals surface area contributed by atoms with Crippen molar-refractivity contribution in [2.45, 2.75) is 37.5 Å². The van der Waals surface area contributed by atoms with Crippen molar-refractivity contribution >= 4 is 17.4 Å². The van der Waals surface area contributed by atoms with E-state index in [2.05, 4.69) is 25.5 Å². The Labute approximate surface area is 162 Å². The van der Waals surface area contributed by atoms with Crippen LogP contribution in [0.3, 0.4) is 0 Å². The second-order valence-electron chi connectivity index (χ2n) is 7.96. The SMILES string of the molecule is CN(C)c1ccc2nnc(C3CCN(C(=O)c4cc(C5CC5)[nH]n4)CC3)n2n1. The summed E-state index contributed by atoms with van der Waals surface area (Å²) < 4.78 is 1.84. The minimum absolute atomic E-state index is 0.0146. The first-order valence-corrected chi connectivity index (χ1v) is 9.84. The van der Waals surface area contributed by atoms with Crippen LogP contribution in [0.2, 0.25) is 0 Å². The molecule has 1 amide bonds. The first-order chi connectivity index (χ1) is 13.6. The predicted molar refractivity (Wildman–Crippen MR) is 104 cm³/mol. The third-order valence-electron chi connectivity index (χ3n) is 5.71. The fourth-order valence-corrected chi connectivity index (χ4v) is 3.84. The number of aromatic amines is 1. The highest BCUT2D eigenvalue weighted by atomic mass is 16.2. The molecule has 1 N–H and O–H groups in total. The van der Waals surface area contributed by atoms with Crippen molar-refractivity contribution in [1.29, 1.82) is 0 Å². The Morgan fingerprint density at radius 1 is 1.11 bits per heavy atom. The van der Waals surface area contributed by atoms with Crippen LogP contribution >= 0.6 is 0 Å². The molecule has 9 nitrogen and oxygen atoms in total. The molecule has 9 heteroatoms. The topological polar surface area (TPSA) is 95.3 Å². The van der Waals surface area contributed by atoms with E-state index in [0.717, 1.165) is 35.8 Å². The quantitative estimate of drug-likeness (QED) is 0.742. The largest absolute Gasteiger partial charge is 0.361 e. The molecule has 0 atom stereocenters. The van der Waals surface area contributed by atoms with Gasteiger partial charge in [-0.15, -0.1) is 15.3 Å². The van der Waals surface area contributed by atoms with Gasteiger partial charge in [-0.1, -0.05) is 0 Å². The number of aromatic nitrogens is 6. The number of hydrogen-bond donors (Lipinski definition) is 1. The summed E-state index contributed by atoms with van der Waals surface area (Å²) in [6, 6.07) is 5.80. The van der Waals surface area contributed by atoms with Crippen LogP contribution in [0, 0.1) is 0 Å². The monoisotopic (exact) mass is 380 g/mol. The first kappa shape index (κ1) is 17.2. The average Bonchev–Trinajstić information content (AvgIpc) is 3.29. The molecule has 1 aliphatic heterocycles. The van der Waals surface area contributed by atoms with Crippen molar-refractivity contribution < 1.29 is 4.79 Å². The summed E-state index contributed by atoms with van der Waals surface area (Å²) in [7, 11) is 3.93. The molecule has 3 aromatic rings. The second-order valence-corrected chi connectivity index (χ2v) is 7.96. The first-order valence-electron chi connectivity index (χ1n) is 9.84. The van der Waals surface area contributed by atoms with Crippen molar-refractivity contribution in [3.63, 3.8) is 0 Å². The van der Waals surface area contributed by atoms with Crippen LogP contribution in [-0.2, 0) is 0 Å². The number of carbonyl (C=O) groups is 1. The highest BCUT2D eigenvalue weighted by molar-refractivity contribution is 5.92. The number of likely N-dealkylation sites (tertiary alicyclic amines) is 1. The molecule has 3 aromatic heterocycles. The lowest BCUT2D eigenvalue weighted by molar-refractivity contribution is 0.0704. The summed E-state index contributed by atoms with van der Waals surface area (Å²) in [5.41, 5.74) is 2.38. The van der Waals surface area contributed by atoms with Crippen LogP contribution in [0.4, 0.5) is 5.82 Å². The number of carbonyl (C=O) groups excluding carboxylic acids is 1. The number of anilines is 1. The normalized spacial score (nSPS) is 18.0. The summed E-state index contributed by atoms with van der Waals surface area (Å²) >= 11 is 0. The van der Waals surface area contributed by atoms with Crippen LogP contribution in [0.15, 0.2) is 18.2 Å². The van der Waals surface area contributed by atoms with Crippen molar-refractivity contribution in [2.75, 3.05) is 32.1 Å². The molecule has 2 fully saturated rings. The maximum Gasteiger partial charge on any atom is 0.274 e. The molecule has 5 rings (SSSR count). The maximum atomic E-state index is 12.8. The second kappa shape index (κ2) is 6.57. The van der Waals surface area contributed by atoms with Crippen molar-refractivity contribution in [3.8, 4) is 0 Å². The van der Waals surface area contributed by atoms with Crippen LogP contribution in [0.1, 0.15) is 59.5 Å². The zero-order valence-electron chi connectivity index (χ0n) is 16.2. The van der Waals surface area contributed by atoms with E-state index in [1.54, 1.807) is 0 Å². The van der Waals surface area contributed by atoms with E-state index in [1.807, 2.05) is 46.6 Å². The molecule has 0 spiro atoms. The summed E-state index contributed by atoms with van der Waals surface area (Å²) in [6.07, 6.45) is 4.08. The number of fused-ring (bicyclic) bond motifs is 1. The zero-order chi connectivity index (χ0) is 19.3. The molecule has 0 bridgehead atoms. The Hall–Kier alpha value is -2.97. The fourth-order valence-electron chi connectivity index (χ4n) is 3.84. The zero-order valence-corrected chi connectivity index (χ0v) is 16.2. The number of rotatable bonds is 4. The Balaban J connectivity index is 1.29. The van der Waals surface area contributed by atoms with Gasteiger partial charge in [0.2, 0.25) is 0 Å². The van der Waals surface area contributed by atoms with Crippen LogP contribution < -0.4 is 4.90 Å². The van der Waals surface area contributed by atoms with Gasteiger partial charge in [0.25, 0.3) is 5.91 Å². The molecule has 2 aliphatic rings. The van der Waals surface area contributed by atoms with Gasteiger partial charge in [-0.3, -0.25) is 9.89 Å². The molecule has 0 unspecified atom stereocenters. The van der Waals surface area contributed by atoms with E-state index in [-0.39, 0.29) is 11.8 Å². The molecule has 1 aliphatic carbocycles. The summed E-state index contributed by atoms with van der Waals surface area (Å²) in [6.45, 7) is 1.38. The van der Waals surface area contributed by atoms with Gasteiger partial charge in [0.15, 0.2) is 11.5 Å². The van der Waals surface area contributed by atoms with Gasteiger partial charge in [0.1, 0.15) is 11.5 Å². The predicted octanol–water partition coefficient (Wildman–Crippen LogP) is 1.81. The average molecular weight is 380 g/mol. The number of H-pyrrole nitrogens is 1. The number of nitrogens with one attached hydrogen (secondary N) is 1. The molecule has 4 heterocycles. The fraction of sp³-hybridized carbons (Fsp3) is 0.526. The highest BCUT2D eigenvalue weighted by Crippen LogP contribution is 2.39. The maximum absolute atomic E-state index is 12.8. The van der Waals surface area contributed by atoms with E-state index in [0.29, 0.717) is 24.7 Å². The standard InChI is InChI=1S/C19H24N8O/c1-25(2)17-6-5-16-22-23-18(27(16)24-17)13-7-9-26(10-8-13)19(28)15-11-14(20-21-15)12-3-4-12/h5-6,11-13H,3-4,7-10H2,1-2H3,(H,20,21). The Morgan fingerprint density at radius 2 is 1.89 bits per heavy atom. The van der Waals surface area contributed by atoms with Crippen molar-refractivity contribution in [2.24, 2.45) is 0 Å². The van der Waals surface area contributed by atoms with Gasteiger partial charge >= 0.3 is 0 Å². The Bertz CT molecular complexity index is 1010. The third-order valence-corrected chi connectivity index (χ3v) is 5.71. The minimum atomic E-state index is 0.0146. The summed E-state index contributed by atoms with van der Waals surface area (Å²) in [5.74, 6) is 2.57. The number of piperidine rings is 1. The number of nitrogens with zero attached hydrogens (tertiary/aromatic N) is 7. The van der Waals surface area contributed by atoms with Gasteiger partial charge in [0, 0.05) is 44.7 Å². The molecular weight excluding hydrogens is 356 g/mol. The molecular formula is C19H24N8O. The van der Waals surface area contributed by atoms with Crippen LogP contribution in [0.25, 0.3) is 5.65 Å².